The van der Waals surface area contributed by atoms with Gasteiger partial charge in [0.1, 0.15) is 5.78 Å². The van der Waals surface area contributed by atoms with E-state index in [0.717, 1.165) is 19.5 Å². The zero-order chi connectivity index (χ0) is 6.69. The fourth-order valence-corrected chi connectivity index (χ4v) is 1.34. The van der Waals surface area contributed by atoms with Crippen LogP contribution in [0.4, 0.5) is 0 Å². The molecule has 1 saturated heterocycles. The summed E-state index contributed by atoms with van der Waals surface area (Å²) < 4.78 is 0. The molecular formula is C6H10BrNO. The van der Waals surface area contributed by atoms with Crippen molar-refractivity contribution in [3.63, 3.8) is 0 Å². The Hall–Kier alpha value is 0.110. The number of hydrogen-bond acceptors (Lipinski definition) is 2. The fourth-order valence-electron chi connectivity index (χ4n) is 0.883. The van der Waals surface area contributed by atoms with Crippen molar-refractivity contribution in [1.29, 1.82) is 0 Å². The Labute approximate surface area is 63.1 Å². The van der Waals surface area contributed by atoms with Gasteiger partial charge in [0, 0.05) is 13.0 Å². The van der Waals surface area contributed by atoms with E-state index >= 15 is 0 Å². The maximum Gasteiger partial charge on any atom is 0.147 e. The second-order valence-corrected chi connectivity index (χ2v) is 3.33. The maximum absolute atomic E-state index is 10.9. The highest BCUT2D eigenvalue weighted by molar-refractivity contribution is 9.10. The molecule has 52 valence electrons. The molecule has 1 rings (SSSR count). The van der Waals surface area contributed by atoms with Crippen LogP contribution < -0.4 is 5.32 Å². The summed E-state index contributed by atoms with van der Waals surface area (Å²) in [7, 11) is 0. The average Bonchev–Trinajstić information content (AvgIpc) is 1.99. The van der Waals surface area contributed by atoms with Crippen LogP contribution in [0.25, 0.3) is 0 Å². The van der Waals surface area contributed by atoms with Crippen molar-refractivity contribution in [3.8, 4) is 0 Å². The Kier molecular flexibility index (Phi) is 2.66. The normalized spacial score (nSPS) is 29.9. The Morgan fingerprint density at radius 1 is 1.56 bits per heavy atom. The molecule has 0 bridgehead atoms. The van der Waals surface area contributed by atoms with Crippen molar-refractivity contribution in [1.82, 2.24) is 5.32 Å². The average molecular weight is 192 g/mol. The molecule has 0 amide bonds. The van der Waals surface area contributed by atoms with Gasteiger partial charge in [-0.05, 0) is 13.0 Å². The van der Waals surface area contributed by atoms with Gasteiger partial charge < -0.3 is 5.32 Å². The van der Waals surface area contributed by atoms with Crippen LogP contribution in [-0.2, 0) is 4.79 Å². The van der Waals surface area contributed by atoms with Gasteiger partial charge in [0.2, 0.25) is 0 Å². The number of Topliss-reactive ketones (excluding diaryl/α,β-unsaturated/α-hetero) is 1. The maximum atomic E-state index is 10.9. The molecule has 1 N–H and O–H groups in total. The van der Waals surface area contributed by atoms with Gasteiger partial charge in [0.15, 0.2) is 0 Å². The largest absolute Gasteiger partial charge is 0.316 e. The number of alkyl halides is 1. The SMILES string of the molecule is O=C1CCNCC[C@@H]1Br. The molecular weight excluding hydrogens is 182 g/mol. The summed E-state index contributed by atoms with van der Waals surface area (Å²) in [6.07, 6.45) is 1.61. The number of ketones is 1. The third-order valence-corrected chi connectivity index (χ3v) is 2.44. The first-order chi connectivity index (χ1) is 4.30. The molecule has 0 saturated carbocycles. The molecule has 1 atom stereocenters. The van der Waals surface area contributed by atoms with Crippen LogP contribution in [0.15, 0.2) is 0 Å². The van der Waals surface area contributed by atoms with Crippen molar-refractivity contribution in [3.05, 3.63) is 0 Å². The molecule has 1 heterocycles. The lowest BCUT2D eigenvalue weighted by molar-refractivity contribution is -0.118. The van der Waals surface area contributed by atoms with E-state index in [1.807, 2.05) is 0 Å². The van der Waals surface area contributed by atoms with E-state index in [1.54, 1.807) is 0 Å². The molecule has 1 aliphatic rings. The van der Waals surface area contributed by atoms with Crippen LogP contribution in [0.3, 0.4) is 0 Å². The number of carbonyl (C=O) groups excluding carboxylic acids is 1. The van der Waals surface area contributed by atoms with E-state index < -0.39 is 0 Å². The van der Waals surface area contributed by atoms with E-state index in [4.69, 9.17) is 0 Å². The van der Waals surface area contributed by atoms with Crippen LogP contribution in [0.1, 0.15) is 12.8 Å². The van der Waals surface area contributed by atoms with Gasteiger partial charge in [-0.3, -0.25) is 4.79 Å². The molecule has 0 unspecified atom stereocenters. The van der Waals surface area contributed by atoms with Crippen molar-refractivity contribution in [2.45, 2.75) is 17.7 Å². The second kappa shape index (κ2) is 3.32. The van der Waals surface area contributed by atoms with Crippen molar-refractivity contribution in [2.24, 2.45) is 0 Å². The number of hydrogen-bond donors (Lipinski definition) is 1. The van der Waals surface area contributed by atoms with E-state index in [0.29, 0.717) is 12.2 Å². The first-order valence-electron chi connectivity index (χ1n) is 3.18. The first-order valence-corrected chi connectivity index (χ1v) is 4.10. The highest BCUT2D eigenvalue weighted by Gasteiger charge is 2.16. The quantitative estimate of drug-likeness (QED) is 0.572. The van der Waals surface area contributed by atoms with Gasteiger partial charge in [-0.2, -0.15) is 0 Å². The second-order valence-electron chi connectivity index (χ2n) is 2.22. The molecule has 3 heteroatoms. The smallest absolute Gasteiger partial charge is 0.147 e. The Bertz CT molecular complexity index is 116. The fraction of sp³-hybridized carbons (Fsp3) is 0.833. The van der Waals surface area contributed by atoms with Crippen LogP contribution >= 0.6 is 15.9 Å². The van der Waals surface area contributed by atoms with Gasteiger partial charge in [-0.25, -0.2) is 0 Å². The molecule has 0 aliphatic carbocycles. The van der Waals surface area contributed by atoms with Gasteiger partial charge in [-0.15, -0.1) is 0 Å². The van der Waals surface area contributed by atoms with Crippen LogP contribution in [0.5, 0.6) is 0 Å². The summed E-state index contributed by atoms with van der Waals surface area (Å²) in [5.74, 6) is 0.333. The summed E-state index contributed by atoms with van der Waals surface area (Å²) in [6.45, 7) is 1.81. The van der Waals surface area contributed by atoms with Gasteiger partial charge in [0.25, 0.3) is 0 Å². The zero-order valence-corrected chi connectivity index (χ0v) is 6.78. The summed E-state index contributed by atoms with van der Waals surface area (Å²) in [6, 6.07) is 0. The molecule has 0 aromatic carbocycles. The number of carbonyl (C=O) groups is 1. The van der Waals surface area contributed by atoms with Crippen LogP contribution in [-0.4, -0.2) is 23.7 Å². The van der Waals surface area contributed by atoms with E-state index in [1.165, 1.54) is 0 Å². The molecule has 1 aliphatic heterocycles. The van der Waals surface area contributed by atoms with Gasteiger partial charge in [-0.1, -0.05) is 15.9 Å². The summed E-state index contributed by atoms with van der Waals surface area (Å²) in [5.41, 5.74) is 0. The number of rotatable bonds is 0. The minimum Gasteiger partial charge on any atom is -0.316 e. The van der Waals surface area contributed by atoms with Crippen molar-refractivity contribution >= 4 is 21.7 Å². The molecule has 0 spiro atoms. The zero-order valence-electron chi connectivity index (χ0n) is 5.19. The monoisotopic (exact) mass is 191 g/mol. The molecule has 0 radical (unpaired) electrons. The molecule has 9 heavy (non-hydrogen) atoms. The van der Waals surface area contributed by atoms with Crippen LogP contribution in [0.2, 0.25) is 0 Å². The highest BCUT2D eigenvalue weighted by Crippen LogP contribution is 2.09. The highest BCUT2D eigenvalue weighted by atomic mass is 79.9. The molecule has 0 aromatic heterocycles. The number of halogens is 1. The molecule has 0 aromatic rings. The third kappa shape index (κ3) is 2.06. The molecule has 2 nitrogen and oxygen atoms in total. The van der Waals surface area contributed by atoms with Crippen molar-refractivity contribution < 1.29 is 4.79 Å². The topological polar surface area (TPSA) is 29.1 Å². The molecule has 1 fully saturated rings. The predicted octanol–water partition coefficient (Wildman–Crippen LogP) is 0.702. The van der Waals surface area contributed by atoms with E-state index in [-0.39, 0.29) is 4.83 Å². The summed E-state index contributed by atoms with van der Waals surface area (Å²) in [4.78, 5) is 11.0. The lowest BCUT2D eigenvalue weighted by Crippen LogP contribution is -2.13. The Morgan fingerprint density at radius 2 is 2.33 bits per heavy atom. The number of nitrogens with one attached hydrogen (secondary N) is 1. The Morgan fingerprint density at radius 3 is 3.11 bits per heavy atom. The van der Waals surface area contributed by atoms with Gasteiger partial charge >= 0.3 is 0 Å². The minimum atomic E-state index is 0.104. The lowest BCUT2D eigenvalue weighted by Gasteiger charge is -1.99. The minimum absolute atomic E-state index is 0.104. The van der Waals surface area contributed by atoms with E-state index in [2.05, 4.69) is 21.2 Å². The predicted molar refractivity (Wildman–Crippen MR) is 39.8 cm³/mol. The summed E-state index contributed by atoms with van der Waals surface area (Å²) >= 11 is 3.31. The Balaban J connectivity index is 2.41. The standard InChI is InChI=1S/C6H10BrNO/c7-5-1-3-8-4-2-6(5)9/h5,8H,1-4H2/t5-/m0/s1. The van der Waals surface area contributed by atoms with Gasteiger partial charge in [0.05, 0.1) is 4.83 Å². The van der Waals surface area contributed by atoms with Crippen LogP contribution in [0, 0.1) is 0 Å². The van der Waals surface area contributed by atoms with E-state index in [9.17, 15) is 4.79 Å². The first kappa shape index (κ1) is 7.22. The third-order valence-electron chi connectivity index (χ3n) is 1.47. The lowest BCUT2D eigenvalue weighted by atomic mass is 10.2. The van der Waals surface area contributed by atoms with Crippen molar-refractivity contribution in [2.75, 3.05) is 13.1 Å². The summed E-state index contributed by atoms with van der Waals surface area (Å²) in [5, 5.41) is 3.16.